The third-order valence-corrected chi connectivity index (χ3v) is 2.54. The topological polar surface area (TPSA) is 0 Å². The Hall–Kier alpha value is -1.82. The van der Waals surface area contributed by atoms with E-state index < -0.39 is 0 Å². The molecule has 0 saturated heterocycles. The third-order valence-electron chi connectivity index (χ3n) is 2.54. The maximum Gasteiger partial charge on any atom is -0.00324 e. The summed E-state index contributed by atoms with van der Waals surface area (Å²) < 4.78 is 0. The van der Waals surface area contributed by atoms with Crippen LogP contribution in [0.4, 0.5) is 0 Å². The Labute approximate surface area is 82.8 Å². The molecule has 65 valence electrons. The lowest BCUT2D eigenvalue weighted by molar-refractivity contribution is 1.88. The van der Waals surface area contributed by atoms with Crippen molar-refractivity contribution in [2.24, 2.45) is 0 Å². The molecular formula is C14H9. The normalized spacial score (nSPS) is 10.9. The van der Waals surface area contributed by atoms with Gasteiger partial charge in [0, 0.05) is 0 Å². The highest BCUT2D eigenvalue weighted by Crippen LogP contribution is 2.25. The van der Waals surface area contributed by atoms with Gasteiger partial charge in [0.2, 0.25) is 0 Å². The second kappa shape index (κ2) is 2.85. The average molecular weight is 177 g/mol. The highest BCUT2D eigenvalue weighted by atomic mass is 14.0. The van der Waals surface area contributed by atoms with Crippen LogP contribution >= 0.6 is 0 Å². The number of hydrogen-bond acceptors (Lipinski definition) is 0. The van der Waals surface area contributed by atoms with E-state index >= 15 is 0 Å². The van der Waals surface area contributed by atoms with Gasteiger partial charge < -0.3 is 0 Å². The van der Waals surface area contributed by atoms with Crippen LogP contribution in [0.2, 0.25) is 0 Å². The van der Waals surface area contributed by atoms with Crippen molar-refractivity contribution < 1.29 is 0 Å². The summed E-state index contributed by atoms with van der Waals surface area (Å²) in [6.07, 6.45) is 0. The van der Waals surface area contributed by atoms with Crippen LogP contribution in [-0.2, 0) is 0 Å². The molecule has 0 aromatic heterocycles. The summed E-state index contributed by atoms with van der Waals surface area (Å²) in [5.74, 6) is 0. The van der Waals surface area contributed by atoms with Gasteiger partial charge in [-0.2, -0.15) is 0 Å². The highest BCUT2D eigenvalue weighted by molar-refractivity contribution is 6.10. The van der Waals surface area contributed by atoms with Gasteiger partial charge in [-0.3, -0.25) is 0 Å². The Morgan fingerprint density at radius 3 is 2.14 bits per heavy atom. The summed E-state index contributed by atoms with van der Waals surface area (Å²) in [6.45, 7) is 0. The van der Waals surface area contributed by atoms with Crippen molar-refractivity contribution in [1.82, 2.24) is 0 Å². The Bertz CT molecular complexity index is 544. The lowest BCUT2D eigenvalue weighted by atomic mass is 10.2. The van der Waals surface area contributed by atoms with Gasteiger partial charge in [-0.15, -0.1) is 0 Å². The number of rotatable bonds is 0. The van der Waals surface area contributed by atoms with Crippen LogP contribution in [0.1, 0.15) is 0 Å². The van der Waals surface area contributed by atoms with E-state index in [0.29, 0.717) is 0 Å². The van der Waals surface area contributed by atoms with E-state index in [1.54, 1.807) is 0 Å². The number of hydrogen-bond donors (Lipinski definition) is 0. The van der Waals surface area contributed by atoms with E-state index in [9.17, 15) is 0 Å². The Morgan fingerprint density at radius 1 is 0.714 bits per heavy atom. The quantitative estimate of drug-likeness (QED) is 0.490. The fourth-order valence-corrected chi connectivity index (χ4v) is 1.89. The molecule has 0 bridgehead atoms. The van der Waals surface area contributed by atoms with E-state index in [2.05, 4.69) is 60.7 Å². The van der Waals surface area contributed by atoms with Crippen LogP contribution in [0.25, 0.3) is 21.5 Å². The van der Waals surface area contributed by atoms with Crippen molar-refractivity contribution in [2.45, 2.75) is 0 Å². The minimum absolute atomic E-state index is 1.19. The lowest BCUT2D eigenvalue weighted by Crippen LogP contribution is -1.57. The second-order valence-corrected chi connectivity index (χ2v) is 3.42. The molecule has 14 heavy (non-hydrogen) atoms. The Kier molecular flexibility index (Phi) is 1.54. The van der Waals surface area contributed by atoms with Crippen LogP contribution in [0.5, 0.6) is 0 Å². The molecule has 3 aromatic rings. The zero-order chi connectivity index (χ0) is 9.38. The van der Waals surface area contributed by atoms with Gasteiger partial charge in [0.1, 0.15) is 0 Å². The van der Waals surface area contributed by atoms with Crippen LogP contribution in [0.3, 0.4) is 0 Å². The van der Waals surface area contributed by atoms with Crippen LogP contribution in [0, 0.1) is 6.07 Å². The van der Waals surface area contributed by atoms with Gasteiger partial charge in [0.25, 0.3) is 0 Å². The molecule has 3 rings (SSSR count). The second-order valence-electron chi connectivity index (χ2n) is 3.42. The summed E-state index contributed by atoms with van der Waals surface area (Å²) in [4.78, 5) is 0. The zero-order valence-electron chi connectivity index (χ0n) is 7.70. The first kappa shape index (κ1) is 7.57. The molecule has 0 saturated carbocycles. The van der Waals surface area contributed by atoms with Crippen molar-refractivity contribution in [2.75, 3.05) is 0 Å². The minimum Gasteiger partial charge on any atom is -0.0616 e. The molecule has 0 nitrogen and oxygen atoms in total. The smallest absolute Gasteiger partial charge is 0.00324 e. The fourth-order valence-electron chi connectivity index (χ4n) is 1.89. The van der Waals surface area contributed by atoms with Gasteiger partial charge in [-0.1, -0.05) is 48.5 Å². The molecule has 0 aliphatic rings. The largest absolute Gasteiger partial charge is 0.0616 e. The van der Waals surface area contributed by atoms with Crippen LogP contribution < -0.4 is 0 Å². The monoisotopic (exact) mass is 177 g/mol. The van der Waals surface area contributed by atoms with Crippen LogP contribution in [-0.4, -0.2) is 0 Å². The maximum absolute atomic E-state index is 3.28. The van der Waals surface area contributed by atoms with E-state index in [-0.39, 0.29) is 0 Å². The predicted molar refractivity (Wildman–Crippen MR) is 60.3 cm³/mol. The van der Waals surface area contributed by atoms with Crippen molar-refractivity contribution in [3.63, 3.8) is 0 Å². The van der Waals surface area contributed by atoms with E-state index in [1.807, 2.05) is 0 Å². The van der Waals surface area contributed by atoms with Gasteiger partial charge in [-0.05, 0) is 33.7 Å². The van der Waals surface area contributed by atoms with Gasteiger partial charge in [0.05, 0.1) is 0 Å². The first-order valence-electron chi connectivity index (χ1n) is 4.73. The summed E-state index contributed by atoms with van der Waals surface area (Å²) >= 11 is 0. The first-order valence-corrected chi connectivity index (χ1v) is 4.73. The lowest BCUT2D eigenvalue weighted by Gasteiger charge is -1.85. The molecule has 0 atom stereocenters. The predicted octanol–water partition coefficient (Wildman–Crippen LogP) is 3.79. The molecule has 0 spiro atoms. The molecule has 0 amide bonds. The van der Waals surface area contributed by atoms with E-state index in [0.717, 1.165) is 0 Å². The molecule has 0 heterocycles. The molecule has 3 aromatic carbocycles. The molecule has 0 aliphatic carbocycles. The fraction of sp³-hybridized carbons (Fsp3) is 0. The van der Waals surface area contributed by atoms with Crippen molar-refractivity contribution in [1.29, 1.82) is 0 Å². The first-order chi connectivity index (χ1) is 6.95. The molecule has 0 aliphatic heterocycles. The third kappa shape index (κ3) is 1.01. The van der Waals surface area contributed by atoms with Gasteiger partial charge in [-0.25, -0.2) is 0 Å². The average Bonchev–Trinajstić information content (AvgIpc) is 2.37. The standard InChI is InChI=1S/C14H9/c1-3-7-12-9-10-13-8-4-2-6-11(5-1)14(12)13/h1-9H. The Balaban J connectivity index is 2.75. The highest BCUT2D eigenvalue weighted by Gasteiger charge is 1.98. The van der Waals surface area contributed by atoms with Crippen molar-refractivity contribution in [3.05, 3.63) is 60.7 Å². The summed E-state index contributed by atoms with van der Waals surface area (Å²) in [5, 5.41) is 5.03. The zero-order valence-corrected chi connectivity index (χ0v) is 7.70. The molecule has 1 radical (unpaired) electrons. The maximum atomic E-state index is 3.28. The molecule has 0 heteroatoms. The summed E-state index contributed by atoms with van der Waals surface area (Å²) in [6, 6.07) is 22.1. The van der Waals surface area contributed by atoms with Crippen LogP contribution in [0.15, 0.2) is 54.6 Å². The molecule has 0 fully saturated rings. The summed E-state index contributed by atoms with van der Waals surface area (Å²) in [5.41, 5.74) is 0. The Morgan fingerprint density at radius 2 is 1.36 bits per heavy atom. The molecule has 0 unspecified atom stereocenters. The summed E-state index contributed by atoms with van der Waals surface area (Å²) in [7, 11) is 0. The van der Waals surface area contributed by atoms with Gasteiger partial charge >= 0.3 is 0 Å². The van der Waals surface area contributed by atoms with Crippen molar-refractivity contribution in [3.8, 4) is 0 Å². The van der Waals surface area contributed by atoms with E-state index in [1.165, 1.54) is 21.5 Å². The molecular weight excluding hydrogens is 168 g/mol. The minimum atomic E-state index is 1.19. The SMILES string of the molecule is [c]1cc2ccccc3ccccc1c23. The van der Waals surface area contributed by atoms with E-state index in [4.69, 9.17) is 0 Å². The van der Waals surface area contributed by atoms with Gasteiger partial charge in [0.15, 0.2) is 0 Å². The van der Waals surface area contributed by atoms with Crippen molar-refractivity contribution >= 4 is 21.5 Å². The molecule has 0 N–H and O–H groups in total.